The monoisotopic (exact) mass is 419 g/mol. The van der Waals surface area contributed by atoms with Crippen LogP contribution >= 0.6 is 11.8 Å². The molecule has 0 fully saturated rings. The molecule has 1 aromatic carbocycles. The molecule has 146 valence electrons. The van der Waals surface area contributed by atoms with Crippen LogP contribution in [0.3, 0.4) is 0 Å². The van der Waals surface area contributed by atoms with E-state index in [0.29, 0.717) is 18.0 Å². The number of pyridine rings is 1. The van der Waals surface area contributed by atoms with Gasteiger partial charge in [-0.2, -0.15) is 13.2 Å². The molecule has 0 aliphatic heterocycles. The zero-order valence-electron chi connectivity index (χ0n) is 13.9. The largest absolute Gasteiger partial charge is 0.417 e. The number of carbonyl (C=O) groups is 1. The molecule has 1 aromatic heterocycles. The Morgan fingerprint density at radius 2 is 1.81 bits per heavy atom. The van der Waals surface area contributed by atoms with Crippen molar-refractivity contribution >= 4 is 27.7 Å². The highest BCUT2D eigenvalue weighted by Gasteiger charge is 2.30. The predicted molar refractivity (Wildman–Crippen MR) is 94.5 cm³/mol. The Bertz CT molecular complexity index is 884. The van der Waals surface area contributed by atoms with Gasteiger partial charge in [-0.05, 0) is 36.2 Å². The summed E-state index contributed by atoms with van der Waals surface area (Å²) in [5.74, 6) is -0.272. The van der Waals surface area contributed by atoms with Crippen molar-refractivity contribution in [3.8, 4) is 0 Å². The minimum Gasteiger partial charge on any atom is -0.355 e. The van der Waals surface area contributed by atoms with Gasteiger partial charge in [0, 0.05) is 12.7 Å². The molecule has 0 atom stereocenters. The smallest absolute Gasteiger partial charge is 0.355 e. The molecule has 1 amide bonds. The van der Waals surface area contributed by atoms with Crippen LogP contribution in [0.15, 0.2) is 52.5 Å². The first-order chi connectivity index (χ1) is 12.6. The van der Waals surface area contributed by atoms with Crippen molar-refractivity contribution in [2.75, 3.05) is 12.3 Å². The average Bonchev–Trinajstić information content (AvgIpc) is 2.59. The molecular formula is C16H16F3N3O3S2. The maximum Gasteiger partial charge on any atom is 0.417 e. The molecule has 0 unspecified atom stereocenters. The lowest BCUT2D eigenvalue weighted by Gasteiger charge is -2.07. The van der Waals surface area contributed by atoms with Crippen molar-refractivity contribution < 1.29 is 26.4 Å². The normalized spacial score (nSPS) is 12.0. The van der Waals surface area contributed by atoms with Gasteiger partial charge in [-0.3, -0.25) is 4.79 Å². The van der Waals surface area contributed by atoms with E-state index in [0.717, 1.165) is 29.6 Å². The lowest BCUT2D eigenvalue weighted by molar-refractivity contribution is -0.137. The van der Waals surface area contributed by atoms with Crippen molar-refractivity contribution in [3.63, 3.8) is 0 Å². The molecule has 0 aliphatic carbocycles. The third kappa shape index (κ3) is 6.85. The number of sulfonamides is 1. The number of alkyl halides is 3. The van der Waals surface area contributed by atoms with Crippen molar-refractivity contribution in [1.29, 1.82) is 0 Å². The first kappa shape index (κ1) is 21.2. The van der Waals surface area contributed by atoms with Crippen LogP contribution in [0.1, 0.15) is 11.1 Å². The molecule has 2 aromatic rings. The Morgan fingerprint density at radius 1 is 1.15 bits per heavy atom. The SMILES string of the molecule is NS(=O)(=O)c1ccc(CCNC(=O)CSc2ccc(C(F)(F)F)cn2)cc1. The van der Waals surface area contributed by atoms with E-state index in [2.05, 4.69) is 10.3 Å². The number of amides is 1. The lowest BCUT2D eigenvalue weighted by atomic mass is 10.1. The molecular weight excluding hydrogens is 403 g/mol. The molecule has 0 spiro atoms. The fourth-order valence-corrected chi connectivity index (χ4v) is 3.20. The van der Waals surface area contributed by atoms with Gasteiger partial charge in [-0.1, -0.05) is 23.9 Å². The second-order valence-corrected chi connectivity index (χ2v) is 8.02. The highest BCUT2D eigenvalue weighted by atomic mass is 32.2. The molecule has 27 heavy (non-hydrogen) atoms. The fraction of sp³-hybridized carbons (Fsp3) is 0.250. The number of rotatable bonds is 7. The van der Waals surface area contributed by atoms with Gasteiger partial charge in [0.15, 0.2) is 0 Å². The molecule has 11 heteroatoms. The fourth-order valence-electron chi connectivity index (χ4n) is 2.02. The van der Waals surface area contributed by atoms with Crippen LogP contribution in [0.4, 0.5) is 13.2 Å². The van der Waals surface area contributed by atoms with E-state index in [1.165, 1.54) is 18.2 Å². The third-order valence-corrected chi connectivity index (χ3v) is 5.28. The first-order valence-electron chi connectivity index (χ1n) is 7.60. The molecule has 0 aliphatic rings. The Hall–Kier alpha value is -2.11. The van der Waals surface area contributed by atoms with E-state index in [-0.39, 0.29) is 16.6 Å². The van der Waals surface area contributed by atoms with Crippen LogP contribution in [-0.4, -0.2) is 31.6 Å². The van der Waals surface area contributed by atoms with Gasteiger partial charge in [-0.15, -0.1) is 0 Å². The van der Waals surface area contributed by atoms with E-state index < -0.39 is 21.8 Å². The van der Waals surface area contributed by atoms with Gasteiger partial charge in [-0.25, -0.2) is 18.5 Å². The quantitative estimate of drug-likeness (QED) is 0.670. The number of halogens is 3. The highest BCUT2D eigenvalue weighted by molar-refractivity contribution is 7.99. The second kappa shape index (κ2) is 8.72. The number of carbonyl (C=O) groups excluding carboxylic acids is 1. The highest BCUT2D eigenvalue weighted by Crippen LogP contribution is 2.29. The number of nitrogens with one attached hydrogen (secondary N) is 1. The van der Waals surface area contributed by atoms with Crippen LogP contribution < -0.4 is 10.5 Å². The Morgan fingerprint density at radius 3 is 2.33 bits per heavy atom. The van der Waals surface area contributed by atoms with Crippen molar-refractivity contribution in [3.05, 3.63) is 53.7 Å². The minimum atomic E-state index is -4.44. The van der Waals surface area contributed by atoms with Gasteiger partial charge in [0.25, 0.3) is 0 Å². The van der Waals surface area contributed by atoms with E-state index in [1.54, 1.807) is 12.1 Å². The summed E-state index contributed by atoms with van der Waals surface area (Å²) >= 11 is 1.03. The van der Waals surface area contributed by atoms with Crippen LogP contribution in [0.25, 0.3) is 0 Å². The van der Waals surface area contributed by atoms with Crippen LogP contribution in [-0.2, 0) is 27.4 Å². The Labute approximate surface area is 158 Å². The van der Waals surface area contributed by atoms with Crippen molar-refractivity contribution in [2.24, 2.45) is 5.14 Å². The van der Waals surface area contributed by atoms with Gasteiger partial charge in [0.1, 0.15) is 0 Å². The van der Waals surface area contributed by atoms with Gasteiger partial charge >= 0.3 is 6.18 Å². The number of thioether (sulfide) groups is 1. The standard InChI is InChI=1S/C16H16F3N3O3S2/c17-16(18,19)12-3-6-15(22-9-12)26-10-14(23)21-8-7-11-1-4-13(5-2-11)27(20,24)25/h1-6,9H,7-8,10H2,(H,21,23)(H2,20,24,25). The molecule has 3 N–H and O–H groups in total. The zero-order valence-corrected chi connectivity index (χ0v) is 15.5. The molecule has 2 rings (SSSR count). The molecule has 0 saturated carbocycles. The number of nitrogens with two attached hydrogens (primary N) is 1. The molecule has 0 saturated heterocycles. The summed E-state index contributed by atoms with van der Waals surface area (Å²) in [4.78, 5) is 15.5. The Balaban J connectivity index is 1.75. The summed E-state index contributed by atoms with van der Waals surface area (Å²) in [6.07, 6.45) is -3.23. The number of hydrogen-bond donors (Lipinski definition) is 2. The number of benzene rings is 1. The van der Waals surface area contributed by atoms with Crippen molar-refractivity contribution in [1.82, 2.24) is 10.3 Å². The van der Waals surface area contributed by atoms with Crippen LogP contribution in [0.5, 0.6) is 0 Å². The lowest BCUT2D eigenvalue weighted by Crippen LogP contribution is -2.27. The maximum atomic E-state index is 12.4. The molecule has 6 nitrogen and oxygen atoms in total. The summed E-state index contributed by atoms with van der Waals surface area (Å²) in [5, 5.41) is 8.00. The van der Waals surface area contributed by atoms with E-state index in [1.807, 2.05) is 0 Å². The predicted octanol–water partition coefficient (Wildman–Crippen LogP) is 2.20. The number of primary sulfonamides is 1. The molecule has 1 heterocycles. The third-order valence-electron chi connectivity index (χ3n) is 3.40. The van der Waals surface area contributed by atoms with Crippen molar-refractivity contribution in [2.45, 2.75) is 22.5 Å². The minimum absolute atomic E-state index is 0.00993. The molecule has 0 radical (unpaired) electrons. The summed E-state index contributed by atoms with van der Waals surface area (Å²) in [6, 6.07) is 8.11. The van der Waals surface area contributed by atoms with Crippen LogP contribution in [0.2, 0.25) is 0 Å². The van der Waals surface area contributed by atoms with E-state index >= 15 is 0 Å². The Kier molecular flexibility index (Phi) is 6.84. The zero-order chi connectivity index (χ0) is 20.1. The second-order valence-electron chi connectivity index (χ2n) is 5.46. The maximum absolute atomic E-state index is 12.4. The number of hydrogen-bond acceptors (Lipinski definition) is 5. The number of nitrogens with zero attached hydrogens (tertiary/aromatic N) is 1. The first-order valence-corrected chi connectivity index (χ1v) is 10.1. The topological polar surface area (TPSA) is 102 Å². The summed E-state index contributed by atoms with van der Waals surface area (Å²) in [7, 11) is -3.74. The number of aromatic nitrogens is 1. The van der Waals surface area contributed by atoms with E-state index in [4.69, 9.17) is 5.14 Å². The summed E-state index contributed by atoms with van der Waals surface area (Å²) in [5.41, 5.74) is -0.0236. The summed E-state index contributed by atoms with van der Waals surface area (Å²) < 4.78 is 59.7. The average molecular weight is 419 g/mol. The summed E-state index contributed by atoms with van der Waals surface area (Å²) in [6.45, 7) is 0.328. The molecule has 0 bridgehead atoms. The van der Waals surface area contributed by atoms with Crippen LogP contribution in [0, 0.1) is 0 Å². The van der Waals surface area contributed by atoms with Gasteiger partial charge in [0.05, 0.1) is 21.2 Å². The van der Waals surface area contributed by atoms with Gasteiger partial charge < -0.3 is 5.32 Å². The van der Waals surface area contributed by atoms with E-state index in [9.17, 15) is 26.4 Å². The van der Waals surface area contributed by atoms with Gasteiger partial charge in [0.2, 0.25) is 15.9 Å².